The number of carbonyl (C=O) groups excluding carboxylic acids is 2. The Hall–Kier alpha value is -2.55. The van der Waals surface area contributed by atoms with Gasteiger partial charge in [0.05, 0.1) is 43.1 Å². The number of benzene rings is 1. The highest BCUT2D eigenvalue weighted by Crippen LogP contribution is 2.59. The van der Waals surface area contributed by atoms with E-state index in [0.717, 1.165) is 12.1 Å². The third-order valence-electron chi connectivity index (χ3n) is 6.18. The van der Waals surface area contributed by atoms with Gasteiger partial charge in [0.25, 0.3) is 0 Å². The number of hydrogen-bond acceptors (Lipinski definition) is 7. The molecule has 2 bridgehead atoms. The Morgan fingerprint density at radius 1 is 1.04 bits per heavy atom. The van der Waals surface area contributed by atoms with Crippen molar-refractivity contribution in [2.75, 3.05) is 19.2 Å². The molecular weight excluding hydrogens is 374 g/mol. The molecule has 2 amide bonds. The van der Waals surface area contributed by atoms with Crippen LogP contribution in [0.3, 0.4) is 0 Å². The summed E-state index contributed by atoms with van der Waals surface area (Å²) in [6.07, 6.45) is -0.281. The van der Waals surface area contributed by atoms with E-state index in [9.17, 15) is 9.59 Å². The van der Waals surface area contributed by atoms with Crippen molar-refractivity contribution in [2.24, 2.45) is 22.2 Å². The Balaban J connectivity index is 1.49. The molecule has 2 aliphatic heterocycles. The van der Waals surface area contributed by atoms with Gasteiger partial charge < -0.3 is 9.47 Å². The number of carbonyl (C=O) groups is 2. The number of methoxy groups -OCH3 is 2. The van der Waals surface area contributed by atoms with Gasteiger partial charge in [-0.05, 0) is 18.6 Å². The van der Waals surface area contributed by atoms with Gasteiger partial charge in [-0.2, -0.15) is 5.11 Å². The monoisotopic (exact) mass is 391 g/mol. The fourth-order valence-electron chi connectivity index (χ4n) is 5.27. The molecule has 5 rings (SSSR count). The van der Waals surface area contributed by atoms with Crippen molar-refractivity contribution >= 4 is 29.5 Å². The summed E-state index contributed by atoms with van der Waals surface area (Å²) in [7, 11) is 2.60. The molecule has 3 fully saturated rings. The fraction of sp³-hybridized carbons (Fsp3) is 0.529. The molecule has 6 atom stereocenters. The highest BCUT2D eigenvalue weighted by Gasteiger charge is 2.73. The van der Waals surface area contributed by atoms with Gasteiger partial charge in [0.1, 0.15) is 6.04 Å². The lowest BCUT2D eigenvalue weighted by Gasteiger charge is -2.58. The standard InChI is InChI=1S/C17H18ClN5O4/c1-26-16(24)22-14-8-7-9(15(14)23(22)17(25)27-2)13-12(8)19-20-21(13)11-6-4-3-5-10(11)18/h3-6,8-9,12-15H,7H2,1-2H3/t8-,9+,12+,13-,14-,15+/m1/s1. The number of hydrogen-bond donors (Lipinski definition) is 0. The highest BCUT2D eigenvalue weighted by atomic mass is 35.5. The second-order valence-electron chi connectivity index (χ2n) is 7.16. The molecule has 1 saturated heterocycles. The van der Waals surface area contributed by atoms with Crippen LogP contribution in [-0.2, 0) is 9.47 Å². The van der Waals surface area contributed by atoms with E-state index in [4.69, 9.17) is 21.1 Å². The van der Waals surface area contributed by atoms with Crippen molar-refractivity contribution < 1.29 is 19.1 Å². The second-order valence-corrected chi connectivity index (χ2v) is 7.56. The maximum atomic E-state index is 12.3. The van der Waals surface area contributed by atoms with E-state index in [-0.39, 0.29) is 36.0 Å². The van der Waals surface area contributed by atoms with Crippen LogP contribution in [0.4, 0.5) is 15.3 Å². The summed E-state index contributed by atoms with van der Waals surface area (Å²) < 4.78 is 9.76. The van der Waals surface area contributed by atoms with Crippen LogP contribution in [0.1, 0.15) is 6.42 Å². The van der Waals surface area contributed by atoms with Crippen LogP contribution in [0.15, 0.2) is 34.6 Å². The second kappa shape index (κ2) is 5.72. The SMILES string of the molecule is COC(=O)N1[C@@H]2[C@@H]3C[C@@H]([C@@H]4[C@H]3N=NN4c3ccccc3Cl)[C@@H]2N1C(=O)OC. The minimum absolute atomic E-state index is 0.00287. The third-order valence-corrected chi connectivity index (χ3v) is 6.50. The molecule has 4 aliphatic rings. The van der Waals surface area contributed by atoms with E-state index in [0.29, 0.717) is 5.02 Å². The summed E-state index contributed by atoms with van der Waals surface area (Å²) in [6.45, 7) is 0. The van der Waals surface area contributed by atoms with E-state index in [1.54, 1.807) is 0 Å². The average molecular weight is 392 g/mol. The van der Waals surface area contributed by atoms with Crippen molar-refractivity contribution in [3.05, 3.63) is 29.3 Å². The Labute approximate surface area is 160 Å². The van der Waals surface area contributed by atoms with Crippen molar-refractivity contribution in [2.45, 2.75) is 30.6 Å². The first-order chi connectivity index (χ1) is 13.1. The predicted octanol–water partition coefficient (Wildman–Crippen LogP) is 2.72. The summed E-state index contributed by atoms with van der Waals surface area (Å²) in [6, 6.07) is 7.19. The number of nitrogens with zero attached hydrogens (tertiary/aromatic N) is 5. The smallest absolute Gasteiger partial charge is 0.429 e. The molecule has 27 heavy (non-hydrogen) atoms. The fourth-order valence-corrected chi connectivity index (χ4v) is 5.49. The van der Waals surface area contributed by atoms with Gasteiger partial charge in [-0.25, -0.2) is 24.6 Å². The summed E-state index contributed by atoms with van der Waals surface area (Å²) in [4.78, 5) is 24.6. The van der Waals surface area contributed by atoms with Crippen LogP contribution in [0, 0.1) is 11.8 Å². The molecular formula is C17H18ClN5O4. The Morgan fingerprint density at radius 3 is 2.30 bits per heavy atom. The normalized spacial score (nSPS) is 35.0. The average Bonchev–Trinajstić information content (AvgIpc) is 3.31. The molecule has 0 unspecified atom stereocenters. The van der Waals surface area contributed by atoms with Gasteiger partial charge in [0, 0.05) is 11.8 Å². The lowest BCUT2D eigenvalue weighted by atomic mass is 9.79. The largest absolute Gasteiger partial charge is 0.452 e. The maximum Gasteiger partial charge on any atom is 0.429 e. The zero-order valence-electron chi connectivity index (χ0n) is 14.7. The number of halogens is 1. The van der Waals surface area contributed by atoms with E-state index in [1.807, 2.05) is 29.3 Å². The minimum atomic E-state index is -0.568. The van der Waals surface area contributed by atoms with Crippen molar-refractivity contribution in [3.8, 4) is 0 Å². The van der Waals surface area contributed by atoms with Crippen molar-refractivity contribution in [1.29, 1.82) is 0 Å². The van der Waals surface area contributed by atoms with Crippen LogP contribution in [0.2, 0.25) is 5.02 Å². The van der Waals surface area contributed by atoms with Crippen molar-refractivity contribution in [1.82, 2.24) is 10.0 Å². The summed E-state index contributed by atoms with van der Waals surface area (Å²) in [5.41, 5.74) is 0.799. The molecule has 2 heterocycles. The Kier molecular flexibility index (Phi) is 3.52. The summed E-state index contributed by atoms with van der Waals surface area (Å²) in [5.74, 6) is 0.220. The molecule has 1 aromatic carbocycles. The molecule has 142 valence electrons. The van der Waals surface area contributed by atoms with Gasteiger partial charge in [0.2, 0.25) is 0 Å². The molecule has 9 nitrogen and oxygen atoms in total. The van der Waals surface area contributed by atoms with E-state index >= 15 is 0 Å². The third kappa shape index (κ3) is 2.00. The topological polar surface area (TPSA) is 87.0 Å². The van der Waals surface area contributed by atoms with Gasteiger partial charge in [-0.15, -0.1) is 0 Å². The predicted molar refractivity (Wildman–Crippen MR) is 94.0 cm³/mol. The van der Waals surface area contributed by atoms with Gasteiger partial charge in [-0.1, -0.05) is 29.0 Å². The first-order valence-electron chi connectivity index (χ1n) is 8.77. The first kappa shape index (κ1) is 16.6. The molecule has 1 aromatic rings. The number of ether oxygens (including phenoxy) is 2. The lowest BCUT2D eigenvalue weighted by molar-refractivity contribution is -0.181. The molecule has 2 saturated carbocycles. The zero-order valence-corrected chi connectivity index (χ0v) is 15.5. The minimum Gasteiger partial charge on any atom is -0.452 e. The van der Waals surface area contributed by atoms with Crippen LogP contribution in [0.5, 0.6) is 0 Å². The van der Waals surface area contributed by atoms with Crippen LogP contribution >= 0.6 is 11.6 Å². The number of hydrazine groups is 1. The Bertz CT molecular complexity index is 850. The number of amides is 2. The molecule has 0 radical (unpaired) electrons. The molecule has 2 aliphatic carbocycles. The molecule has 10 heteroatoms. The highest BCUT2D eigenvalue weighted by molar-refractivity contribution is 6.33. The number of rotatable bonds is 1. The van der Waals surface area contributed by atoms with Crippen LogP contribution in [-0.4, -0.2) is 60.6 Å². The van der Waals surface area contributed by atoms with Crippen LogP contribution < -0.4 is 5.01 Å². The molecule has 0 aromatic heterocycles. The van der Waals surface area contributed by atoms with Gasteiger partial charge in [0.15, 0.2) is 0 Å². The lowest BCUT2D eigenvalue weighted by Crippen LogP contribution is -2.78. The number of anilines is 1. The van der Waals surface area contributed by atoms with E-state index in [2.05, 4.69) is 10.3 Å². The van der Waals surface area contributed by atoms with Gasteiger partial charge in [-0.3, -0.25) is 0 Å². The van der Waals surface area contributed by atoms with Gasteiger partial charge >= 0.3 is 12.2 Å². The van der Waals surface area contributed by atoms with E-state index in [1.165, 1.54) is 24.2 Å². The summed E-state index contributed by atoms with van der Waals surface area (Å²) >= 11 is 6.36. The zero-order chi connectivity index (χ0) is 18.9. The number of fused-ring (bicyclic) bond motifs is 8. The number of para-hydroxylation sites is 1. The van der Waals surface area contributed by atoms with Crippen LogP contribution in [0.25, 0.3) is 0 Å². The summed E-state index contributed by atoms with van der Waals surface area (Å²) in [5, 5.41) is 14.1. The Morgan fingerprint density at radius 2 is 1.67 bits per heavy atom. The molecule has 0 spiro atoms. The molecule has 0 N–H and O–H groups in total. The van der Waals surface area contributed by atoms with E-state index < -0.39 is 12.2 Å². The quantitative estimate of drug-likeness (QED) is 0.734. The maximum absolute atomic E-state index is 12.3. The first-order valence-corrected chi connectivity index (χ1v) is 9.15. The van der Waals surface area contributed by atoms with Crippen molar-refractivity contribution in [3.63, 3.8) is 0 Å².